The van der Waals surface area contributed by atoms with E-state index < -0.39 is 5.54 Å². The SMILES string of the molecule is CCC(C)(CO)NC(=O)c1csc2c1CCC(C)C2. The molecule has 0 fully saturated rings. The lowest BCUT2D eigenvalue weighted by molar-refractivity contribution is 0.0846. The molecule has 2 rings (SSSR count). The summed E-state index contributed by atoms with van der Waals surface area (Å²) < 4.78 is 0. The Morgan fingerprint density at radius 1 is 1.63 bits per heavy atom. The van der Waals surface area contributed by atoms with E-state index in [1.807, 2.05) is 19.2 Å². The van der Waals surface area contributed by atoms with Crippen molar-refractivity contribution in [2.45, 2.75) is 52.0 Å². The first-order valence-electron chi connectivity index (χ1n) is 7.01. The van der Waals surface area contributed by atoms with E-state index in [9.17, 15) is 9.90 Å². The van der Waals surface area contributed by atoms with E-state index in [2.05, 4.69) is 12.2 Å². The first kappa shape index (κ1) is 14.5. The summed E-state index contributed by atoms with van der Waals surface area (Å²) in [6.07, 6.45) is 3.98. The van der Waals surface area contributed by atoms with Crippen LogP contribution in [0.4, 0.5) is 0 Å². The minimum atomic E-state index is -0.520. The van der Waals surface area contributed by atoms with E-state index in [1.54, 1.807) is 11.3 Å². The standard InChI is InChI=1S/C15H23NO2S/c1-4-15(3,9-17)16-14(18)12-8-19-13-7-10(2)5-6-11(12)13/h8,10,17H,4-7,9H2,1-3H3,(H,16,18). The molecule has 0 radical (unpaired) electrons. The molecule has 1 aliphatic rings. The molecule has 0 saturated heterocycles. The highest BCUT2D eigenvalue weighted by atomic mass is 32.1. The maximum atomic E-state index is 12.4. The molecular formula is C15H23NO2S. The number of aliphatic hydroxyl groups is 1. The van der Waals surface area contributed by atoms with Gasteiger partial charge >= 0.3 is 0 Å². The van der Waals surface area contributed by atoms with E-state index in [0.29, 0.717) is 0 Å². The average Bonchev–Trinajstić information content (AvgIpc) is 2.81. The van der Waals surface area contributed by atoms with Gasteiger partial charge in [-0.1, -0.05) is 13.8 Å². The molecule has 0 aromatic carbocycles. The first-order chi connectivity index (χ1) is 8.99. The maximum absolute atomic E-state index is 12.4. The van der Waals surface area contributed by atoms with Crippen LogP contribution in [0.15, 0.2) is 5.38 Å². The van der Waals surface area contributed by atoms with Crippen LogP contribution < -0.4 is 5.32 Å². The van der Waals surface area contributed by atoms with Gasteiger partial charge < -0.3 is 10.4 Å². The summed E-state index contributed by atoms with van der Waals surface area (Å²) in [5.74, 6) is 0.686. The molecule has 19 heavy (non-hydrogen) atoms. The van der Waals surface area contributed by atoms with Crippen LogP contribution in [-0.4, -0.2) is 23.2 Å². The van der Waals surface area contributed by atoms with Crippen molar-refractivity contribution < 1.29 is 9.90 Å². The van der Waals surface area contributed by atoms with Gasteiger partial charge in [-0.15, -0.1) is 11.3 Å². The van der Waals surface area contributed by atoms with Gasteiger partial charge in [-0.05, 0) is 44.1 Å². The molecule has 0 spiro atoms. The number of nitrogens with one attached hydrogen (secondary N) is 1. The number of fused-ring (bicyclic) bond motifs is 1. The van der Waals surface area contributed by atoms with Crippen LogP contribution in [0.1, 0.15) is 54.4 Å². The van der Waals surface area contributed by atoms with Gasteiger partial charge in [0.2, 0.25) is 0 Å². The summed E-state index contributed by atoms with van der Waals surface area (Å²) in [6, 6.07) is 0. The van der Waals surface area contributed by atoms with Crippen molar-refractivity contribution >= 4 is 17.2 Å². The van der Waals surface area contributed by atoms with Crippen LogP contribution in [-0.2, 0) is 12.8 Å². The fourth-order valence-electron chi connectivity index (χ4n) is 2.45. The first-order valence-corrected chi connectivity index (χ1v) is 7.89. The lowest BCUT2D eigenvalue weighted by Gasteiger charge is -2.27. The molecule has 0 saturated carbocycles. The van der Waals surface area contributed by atoms with Crippen molar-refractivity contribution in [3.63, 3.8) is 0 Å². The predicted octanol–water partition coefficient (Wildman–Crippen LogP) is 2.76. The topological polar surface area (TPSA) is 49.3 Å². The van der Waals surface area contributed by atoms with Crippen molar-refractivity contribution in [2.24, 2.45) is 5.92 Å². The third kappa shape index (κ3) is 3.00. The second-order valence-electron chi connectivity index (χ2n) is 5.93. The molecule has 1 amide bonds. The molecule has 2 unspecified atom stereocenters. The number of thiophene rings is 1. The van der Waals surface area contributed by atoms with E-state index in [4.69, 9.17) is 0 Å². The summed E-state index contributed by atoms with van der Waals surface area (Å²) >= 11 is 1.70. The zero-order valence-corrected chi connectivity index (χ0v) is 12.8. The molecule has 106 valence electrons. The van der Waals surface area contributed by atoms with Gasteiger partial charge in [0.1, 0.15) is 0 Å². The molecule has 4 heteroatoms. The van der Waals surface area contributed by atoms with E-state index >= 15 is 0 Å². The largest absolute Gasteiger partial charge is 0.394 e. The highest BCUT2D eigenvalue weighted by Crippen LogP contribution is 2.33. The molecule has 2 atom stereocenters. The van der Waals surface area contributed by atoms with Gasteiger partial charge in [0.05, 0.1) is 17.7 Å². The number of amides is 1. The Labute approximate surface area is 119 Å². The Morgan fingerprint density at radius 3 is 3.00 bits per heavy atom. The lowest BCUT2D eigenvalue weighted by Crippen LogP contribution is -2.48. The zero-order valence-electron chi connectivity index (χ0n) is 12.0. The molecule has 0 aliphatic heterocycles. The Bertz CT molecular complexity index is 463. The van der Waals surface area contributed by atoms with Gasteiger partial charge in [-0.25, -0.2) is 0 Å². The van der Waals surface area contributed by atoms with E-state index in [0.717, 1.165) is 37.2 Å². The van der Waals surface area contributed by atoms with Gasteiger partial charge in [-0.2, -0.15) is 0 Å². The number of hydrogen-bond acceptors (Lipinski definition) is 3. The minimum Gasteiger partial charge on any atom is -0.394 e. The van der Waals surface area contributed by atoms with Crippen LogP contribution in [0.25, 0.3) is 0 Å². The third-order valence-corrected chi connectivity index (χ3v) is 5.24. The monoisotopic (exact) mass is 281 g/mol. The van der Waals surface area contributed by atoms with Gasteiger partial charge in [0, 0.05) is 10.3 Å². The number of rotatable bonds is 4. The van der Waals surface area contributed by atoms with Gasteiger partial charge in [0.15, 0.2) is 0 Å². The van der Waals surface area contributed by atoms with Crippen molar-refractivity contribution in [1.82, 2.24) is 5.32 Å². The number of carbonyl (C=O) groups is 1. The van der Waals surface area contributed by atoms with Crippen LogP contribution in [0.5, 0.6) is 0 Å². The fraction of sp³-hybridized carbons (Fsp3) is 0.667. The molecule has 1 aromatic rings. The zero-order chi connectivity index (χ0) is 14.0. The quantitative estimate of drug-likeness (QED) is 0.891. The van der Waals surface area contributed by atoms with Crippen LogP contribution in [0.3, 0.4) is 0 Å². The molecule has 2 N–H and O–H groups in total. The minimum absolute atomic E-state index is 0.0292. The Hall–Kier alpha value is -0.870. The molecule has 1 aromatic heterocycles. The maximum Gasteiger partial charge on any atom is 0.252 e. The predicted molar refractivity (Wildman–Crippen MR) is 78.8 cm³/mol. The highest BCUT2D eigenvalue weighted by Gasteiger charge is 2.28. The summed E-state index contributed by atoms with van der Waals surface area (Å²) in [5.41, 5.74) is 1.53. The van der Waals surface area contributed by atoms with Crippen molar-refractivity contribution in [3.05, 3.63) is 21.4 Å². The Kier molecular flexibility index (Phi) is 4.31. The summed E-state index contributed by atoms with van der Waals surface area (Å²) in [4.78, 5) is 13.7. The number of carbonyl (C=O) groups excluding carboxylic acids is 1. The molecule has 1 heterocycles. The van der Waals surface area contributed by atoms with Crippen molar-refractivity contribution in [3.8, 4) is 0 Å². The summed E-state index contributed by atoms with van der Waals surface area (Å²) in [5, 5.41) is 14.3. The molecular weight excluding hydrogens is 258 g/mol. The smallest absolute Gasteiger partial charge is 0.252 e. The second-order valence-corrected chi connectivity index (χ2v) is 6.89. The van der Waals surface area contributed by atoms with Gasteiger partial charge in [0.25, 0.3) is 5.91 Å². The van der Waals surface area contributed by atoms with Crippen LogP contribution >= 0.6 is 11.3 Å². The lowest BCUT2D eigenvalue weighted by atomic mass is 9.88. The Balaban J connectivity index is 2.17. The number of aliphatic hydroxyl groups excluding tert-OH is 1. The summed E-state index contributed by atoms with van der Waals surface area (Å²) in [7, 11) is 0. The van der Waals surface area contributed by atoms with Crippen molar-refractivity contribution in [2.75, 3.05) is 6.61 Å². The molecule has 3 nitrogen and oxygen atoms in total. The van der Waals surface area contributed by atoms with E-state index in [1.165, 1.54) is 10.4 Å². The van der Waals surface area contributed by atoms with Crippen molar-refractivity contribution in [1.29, 1.82) is 0 Å². The normalized spacial score (nSPS) is 21.6. The van der Waals surface area contributed by atoms with E-state index in [-0.39, 0.29) is 12.5 Å². The summed E-state index contributed by atoms with van der Waals surface area (Å²) in [6.45, 7) is 6.09. The average molecular weight is 281 g/mol. The number of hydrogen-bond donors (Lipinski definition) is 2. The second kappa shape index (κ2) is 5.63. The van der Waals surface area contributed by atoms with Gasteiger partial charge in [-0.3, -0.25) is 4.79 Å². The highest BCUT2D eigenvalue weighted by molar-refractivity contribution is 7.10. The Morgan fingerprint density at radius 2 is 2.37 bits per heavy atom. The molecule has 1 aliphatic carbocycles. The van der Waals surface area contributed by atoms with Crippen LogP contribution in [0.2, 0.25) is 0 Å². The van der Waals surface area contributed by atoms with Crippen LogP contribution in [0, 0.1) is 5.92 Å². The molecule has 0 bridgehead atoms. The fourth-order valence-corrected chi connectivity index (χ4v) is 3.69. The third-order valence-electron chi connectivity index (χ3n) is 4.19.